The summed E-state index contributed by atoms with van der Waals surface area (Å²) in [5.74, 6) is -0.440. The summed E-state index contributed by atoms with van der Waals surface area (Å²) < 4.78 is 31.2. The Balaban J connectivity index is 1.50. The van der Waals surface area contributed by atoms with E-state index in [-0.39, 0.29) is 52.6 Å². The minimum Gasteiger partial charge on any atom is -0.444 e. The van der Waals surface area contributed by atoms with Gasteiger partial charge in [-0.25, -0.2) is 4.79 Å². The van der Waals surface area contributed by atoms with Gasteiger partial charge in [-0.05, 0) is 43.0 Å². The highest BCUT2D eigenvalue weighted by molar-refractivity contribution is 5.82. The van der Waals surface area contributed by atoms with Crippen molar-refractivity contribution >= 4 is 18.3 Å². The number of amides is 2. The van der Waals surface area contributed by atoms with Crippen LogP contribution in [-0.2, 0) is 59.7 Å². The SMILES string of the molecule is CC(C)(C)OC(=O)N1CCN(C(=O)[C@H](OCc2ccccc2)[C@@H](OCc2ccccc2)[C@H](OCc2ccccc2)[C@](O)(C=O)COCc2ccccc2)CC1. The lowest BCUT2D eigenvalue weighted by atomic mass is 9.90. The zero-order chi connectivity index (χ0) is 39.1. The molecule has 0 spiro atoms. The van der Waals surface area contributed by atoms with Crippen LogP contribution in [-0.4, -0.2) is 95.5 Å². The van der Waals surface area contributed by atoms with Crippen LogP contribution in [0, 0.1) is 0 Å². The highest BCUT2D eigenvalue weighted by Crippen LogP contribution is 2.28. The lowest BCUT2D eigenvalue weighted by molar-refractivity contribution is -0.218. The molecule has 1 heterocycles. The van der Waals surface area contributed by atoms with Gasteiger partial charge in [0.15, 0.2) is 18.0 Å². The summed E-state index contributed by atoms with van der Waals surface area (Å²) in [5.41, 5.74) is 0.270. The van der Waals surface area contributed by atoms with Crippen LogP contribution in [0.25, 0.3) is 0 Å². The van der Waals surface area contributed by atoms with E-state index in [9.17, 15) is 19.5 Å². The van der Waals surface area contributed by atoms with E-state index in [1.165, 1.54) is 0 Å². The van der Waals surface area contributed by atoms with Crippen LogP contribution in [0.5, 0.6) is 0 Å². The number of aliphatic hydroxyl groups is 1. The van der Waals surface area contributed by atoms with Crippen molar-refractivity contribution in [3.05, 3.63) is 144 Å². The minimum absolute atomic E-state index is 0.0142. The summed E-state index contributed by atoms with van der Waals surface area (Å²) in [6.45, 7) is 5.97. The smallest absolute Gasteiger partial charge is 0.410 e. The van der Waals surface area contributed by atoms with Crippen molar-refractivity contribution in [2.45, 2.75) is 76.7 Å². The molecule has 11 nitrogen and oxygen atoms in total. The largest absolute Gasteiger partial charge is 0.444 e. The van der Waals surface area contributed by atoms with Crippen LogP contribution in [0.15, 0.2) is 121 Å². The summed E-state index contributed by atoms with van der Waals surface area (Å²) in [6.07, 6.45) is -4.19. The number of rotatable bonds is 18. The zero-order valence-electron chi connectivity index (χ0n) is 31.8. The second-order valence-corrected chi connectivity index (χ2v) is 14.6. The number of hydrogen-bond acceptors (Lipinski definition) is 9. The molecule has 0 bridgehead atoms. The number of piperazine rings is 1. The van der Waals surface area contributed by atoms with Crippen molar-refractivity contribution in [3.8, 4) is 0 Å². The van der Waals surface area contributed by atoms with E-state index in [1.807, 2.05) is 121 Å². The molecule has 0 saturated carbocycles. The summed E-state index contributed by atoms with van der Waals surface area (Å²) in [6, 6.07) is 37.5. The van der Waals surface area contributed by atoms with E-state index in [4.69, 9.17) is 23.7 Å². The molecule has 292 valence electrons. The molecular weight excluding hydrogens is 700 g/mol. The van der Waals surface area contributed by atoms with Gasteiger partial charge in [-0.15, -0.1) is 0 Å². The van der Waals surface area contributed by atoms with E-state index >= 15 is 0 Å². The van der Waals surface area contributed by atoms with Crippen LogP contribution in [0.3, 0.4) is 0 Å². The van der Waals surface area contributed by atoms with Crippen LogP contribution >= 0.6 is 0 Å². The van der Waals surface area contributed by atoms with Crippen molar-refractivity contribution in [1.29, 1.82) is 0 Å². The minimum atomic E-state index is -2.28. The summed E-state index contributed by atoms with van der Waals surface area (Å²) in [4.78, 5) is 44.0. The molecule has 4 aromatic carbocycles. The van der Waals surface area contributed by atoms with Crippen molar-refractivity contribution in [2.75, 3.05) is 32.8 Å². The second kappa shape index (κ2) is 20.1. The third-order valence-corrected chi connectivity index (χ3v) is 9.05. The first kappa shape index (κ1) is 41.3. The fourth-order valence-electron chi connectivity index (χ4n) is 6.16. The molecule has 4 aromatic rings. The first-order chi connectivity index (χ1) is 26.5. The third kappa shape index (κ3) is 12.6. The molecule has 0 radical (unpaired) electrons. The molecule has 2 amide bonds. The molecular formula is C44H52N2O9. The summed E-state index contributed by atoms with van der Waals surface area (Å²) >= 11 is 0. The van der Waals surface area contributed by atoms with E-state index in [2.05, 4.69) is 0 Å². The molecule has 1 N–H and O–H groups in total. The van der Waals surface area contributed by atoms with Crippen LogP contribution in [0.2, 0.25) is 0 Å². The van der Waals surface area contributed by atoms with E-state index < -0.39 is 48.1 Å². The van der Waals surface area contributed by atoms with Gasteiger partial charge in [0.2, 0.25) is 0 Å². The van der Waals surface area contributed by atoms with Crippen LogP contribution in [0.4, 0.5) is 4.79 Å². The van der Waals surface area contributed by atoms with Crippen LogP contribution in [0.1, 0.15) is 43.0 Å². The van der Waals surface area contributed by atoms with Crippen molar-refractivity contribution < 1.29 is 43.2 Å². The quantitative estimate of drug-likeness (QED) is 0.123. The van der Waals surface area contributed by atoms with Crippen LogP contribution < -0.4 is 0 Å². The van der Waals surface area contributed by atoms with E-state index in [0.717, 1.165) is 22.3 Å². The van der Waals surface area contributed by atoms with Gasteiger partial charge in [0, 0.05) is 26.2 Å². The topological polar surface area (TPSA) is 124 Å². The Kier molecular flexibility index (Phi) is 15.1. The maximum absolute atomic E-state index is 14.8. The molecule has 1 saturated heterocycles. The number of aldehydes is 1. The average molecular weight is 753 g/mol. The number of carbonyl (C=O) groups is 3. The molecule has 1 aliphatic rings. The normalized spacial score (nSPS) is 16.1. The zero-order valence-corrected chi connectivity index (χ0v) is 31.8. The van der Waals surface area contributed by atoms with Gasteiger partial charge in [-0.3, -0.25) is 9.59 Å². The number of nitrogens with zero attached hydrogens (tertiary/aromatic N) is 2. The van der Waals surface area contributed by atoms with Gasteiger partial charge in [0.25, 0.3) is 5.91 Å². The van der Waals surface area contributed by atoms with E-state index in [0.29, 0.717) is 6.29 Å². The molecule has 5 rings (SSSR count). The Morgan fingerprint density at radius 1 is 0.636 bits per heavy atom. The predicted octanol–water partition coefficient (Wildman–Crippen LogP) is 5.97. The molecule has 1 fully saturated rings. The van der Waals surface area contributed by atoms with Crippen molar-refractivity contribution in [1.82, 2.24) is 9.80 Å². The van der Waals surface area contributed by atoms with Gasteiger partial charge < -0.3 is 38.6 Å². The average Bonchev–Trinajstić information content (AvgIpc) is 3.20. The van der Waals surface area contributed by atoms with Gasteiger partial charge in [0.05, 0.1) is 33.0 Å². The fourth-order valence-corrected chi connectivity index (χ4v) is 6.16. The monoisotopic (exact) mass is 752 g/mol. The third-order valence-electron chi connectivity index (χ3n) is 9.05. The number of hydrogen-bond donors (Lipinski definition) is 1. The Morgan fingerprint density at radius 2 is 1.05 bits per heavy atom. The predicted molar refractivity (Wildman–Crippen MR) is 207 cm³/mol. The number of benzene rings is 4. The fraction of sp³-hybridized carbons (Fsp3) is 0.386. The first-order valence-corrected chi connectivity index (χ1v) is 18.6. The summed E-state index contributed by atoms with van der Waals surface area (Å²) in [7, 11) is 0. The molecule has 4 atom stereocenters. The lowest BCUT2D eigenvalue weighted by Crippen LogP contribution is -2.62. The lowest BCUT2D eigenvalue weighted by Gasteiger charge is -2.42. The Hall–Kier alpha value is -4.91. The first-order valence-electron chi connectivity index (χ1n) is 18.6. The Bertz CT molecular complexity index is 1750. The Labute approximate surface area is 323 Å². The number of ether oxygens (including phenoxy) is 5. The standard InChI is InChI=1S/C44H52N2O9/c1-43(2,3)55-42(49)46-26-24-45(25-27-46)41(48)39(53-30-36-20-12-6-13-21-36)38(52-29-35-18-10-5-11-19-35)40(54-31-37-22-14-7-15-23-37)44(50,32-47)33-51-28-34-16-8-4-9-17-34/h4-23,32,38-40,50H,24-31,33H2,1-3H3/t38-,39-,40+,44+/m1/s1. The van der Waals surface area contributed by atoms with Crippen molar-refractivity contribution in [2.24, 2.45) is 0 Å². The van der Waals surface area contributed by atoms with Gasteiger partial charge in [0.1, 0.15) is 17.8 Å². The maximum Gasteiger partial charge on any atom is 0.410 e. The molecule has 0 aliphatic carbocycles. The van der Waals surface area contributed by atoms with Gasteiger partial charge >= 0.3 is 6.09 Å². The molecule has 0 aromatic heterocycles. The van der Waals surface area contributed by atoms with Crippen molar-refractivity contribution in [3.63, 3.8) is 0 Å². The maximum atomic E-state index is 14.8. The Morgan fingerprint density at radius 3 is 1.51 bits per heavy atom. The highest BCUT2D eigenvalue weighted by Gasteiger charge is 2.50. The second-order valence-electron chi connectivity index (χ2n) is 14.6. The highest BCUT2D eigenvalue weighted by atomic mass is 16.6. The van der Waals surface area contributed by atoms with Gasteiger partial charge in [-0.1, -0.05) is 121 Å². The molecule has 1 aliphatic heterocycles. The van der Waals surface area contributed by atoms with Gasteiger partial charge in [-0.2, -0.15) is 0 Å². The molecule has 55 heavy (non-hydrogen) atoms. The summed E-state index contributed by atoms with van der Waals surface area (Å²) in [5, 5.41) is 12.3. The number of carbonyl (C=O) groups excluding carboxylic acids is 3. The molecule has 11 heteroatoms. The molecule has 0 unspecified atom stereocenters. The van der Waals surface area contributed by atoms with E-state index in [1.54, 1.807) is 30.6 Å².